The van der Waals surface area contributed by atoms with Crippen LogP contribution in [-0.4, -0.2) is 25.7 Å². The molecule has 1 atom stereocenters. The number of hydrogen-bond donors (Lipinski definition) is 1. The van der Waals surface area contributed by atoms with Crippen LogP contribution in [-0.2, 0) is 9.53 Å². The van der Waals surface area contributed by atoms with Crippen molar-refractivity contribution in [3.05, 3.63) is 12.2 Å². The Labute approximate surface area is 91.9 Å². The molecule has 0 aromatic heterocycles. The van der Waals surface area contributed by atoms with Crippen molar-refractivity contribution >= 4 is 5.97 Å². The lowest BCUT2D eigenvalue weighted by atomic mass is 9.92. The van der Waals surface area contributed by atoms with Gasteiger partial charge in [0.25, 0.3) is 0 Å². The normalized spacial score (nSPS) is 21.4. The molecule has 0 radical (unpaired) electrons. The Morgan fingerprint density at radius 2 is 2.27 bits per heavy atom. The Morgan fingerprint density at radius 3 is 2.80 bits per heavy atom. The zero-order chi connectivity index (χ0) is 11.3. The van der Waals surface area contributed by atoms with Gasteiger partial charge >= 0.3 is 5.97 Å². The summed E-state index contributed by atoms with van der Waals surface area (Å²) in [6.45, 7) is 4.49. The Hall–Kier alpha value is -0.830. The van der Waals surface area contributed by atoms with E-state index in [0.29, 0.717) is 12.6 Å². The highest BCUT2D eigenvalue weighted by atomic mass is 16.5. The lowest BCUT2D eigenvalue weighted by Gasteiger charge is -2.26. The van der Waals surface area contributed by atoms with Crippen molar-refractivity contribution in [1.29, 1.82) is 0 Å². The van der Waals surface area contributed by atoms with Crippen LogP contribution in [0.2, 0.25) is 0 Å². The van der Waals surface area contributed by atoms with Crippen molar-refractivity contribution in [1.82, 2.24) is 5.32 Å². The van der Waals surface area contributed by atoms with Gasteiger partial charge in [0.05, 0.1) is 12.5 Å². The summed E-state index contributed by atoms with van der Waals surface area (Å²) in [5, 5.41) is 3.42. The Balaban J connectivity index is 2.35. The molecule has 0 saturated carbocycles. The molecule has 1 N–H and O–H groups in total. The molecule has 0 saturated heterocycles. The smallest absolute Gasteiger partial charge is 0.312 e. The summed E-state index contributed by atoms with van der Waals surface area (Å²) in [7, 11) is 1.44. The lowest BCUT2D eigenvalue weighted by molar-refractivity contribution is -0.150. The van der Waals surface area contributed by atoms with E-state index in [1.165, 1.54) is 7.11 Å². The minimum atomic E-state index is -0.435. The summed E-state index contributed by atoms with van der Waals surface area (Å²) in [4.78, 5) is 11.4. The summed E-state index contributed by atoms with van der Waals surface area (Å²) in [6.07, 6.45) is 7.78. The molecule has 3 nitrogen and oxygen atoms in total. The van der Waals surface area contributed by atoms with E-state index in [1.54, 1.807) is 0 Å². The molecular weight excluding hydrogens is 190 g/mol. The number of esters is 1. The van der Waals surface area contributed by atoms with Gasteiger partial charge in [0.15, 0.2) is 0 Å². The number of ether oxygens (including phenoxy) is 1. The molecular formula is C12H21NO2. The van der Waals surface area contributed by atoms with E-state index in [4.69, 9.17) is 4.74 Å². The monoisotopic (exact) mass is 211 g/mol. The SMILES string of the molecule is COC(=O)C(C)(C)CNC1CC=CCC1. The van der Waals surface area contributed by atoms with Crippen LogP contribution in [0.4, 0.5) is 0 Å². The lowest BCUT2D eigenvalue weighted by Crippen LogP contribution is -2.41. The molecule has 0 amide bonds. The predicted molar refractivity (Wildman–Crippen MR) is 60.6 cm³/mol. The van der Waals surface area contributed by atoms with Crippen LogP contribution in [0.1, 0.15) is 33.1 Å². The van der Waals surface area contributed by atoms with Crippen LogP contribution in [0.15, 0.2) is 12.2 Å². The highest BCUT2D eigenvalue weighted by molar-refractivity contribution is 5.76. The van der Waals surface area contributed by atoms with Crippen LogP contribution >= 0.6 is 0 Å². The molecule has 0 aromatic rings. The minimum absolute atomic E-state index is 0.152. The summed E-state index contributed by atoms with van der Waals surface area (Å²) < 4.78 is 4.76. The summed E-state index contributed by atoms with van der Waals surface area (Å²) in [5.41, 5.74) is -0.435. The average molecular weight is 211 g/mol. The number of rotatable bonds is 4. The highest BCUT2D eigenvalue weighted by Gasteiger charge is 2.29. The predicted octanol–water partition coefficient (Wildman–Crippen LogP) is 1.88. The van der Waals surface area contributed by atoms with Crippen molar-refractivity contribution in [3.63, 3.8) is 0 Å². The van der Waals surface area contributed by atoms with Crippen LogP contribution in [0, 0.1) is 5.41 Å². The molecule has 1 aliphatic rings. The van der Waals surface area contributed by atoms with Gasteiger partial charge in [0, 0.05) is 12.6 Å². The third-order valence-electron chi connectivity index (χ3n) is 2.84. The zero-order valence-corrected chi connectivity index (χ0v) is 9.88. The third-order valence-corrected chi connectivity index (χ3v) is 2.84. The van der Waals surface area contributed by atoms with E-state index < -0.39 is 5.41 Å². The van der Waals surface area contributed by atoms with Crippen LogP contribution in [0.3, 0.4) is 0 Å². The van der Waals surface area contributed by atoms with Crippen molar-refractivity contribution in [2.24, 2.45) is 5.41 Å². The van der Waals surface area contributed by atoms with E-state index in [9.17, 15) is 4.79 Å². The molecule has 0 aromatic carbocycles. The highest BCUT2D eigenvalue weighted by Crippen LogP contribution is 2.17. The molecule has 1 aliphatic carbocycles. The summed E-state index contributed by atoms with van der Waals surface area (Å²) in [6, 6.07) is 0.513. The molecule has 0 bridgehead atoms. The van der Waals surface area contributed by atoms with Crippen LogP contribution in [0.5, 0.6) is 0 Å². The minimum Gasteiger partial charge on any atom is -0.469 e. The maximum absolute atomic E-state index is 11.4. The molecule has 3 heteroatoms. The maximum atomic E-state index is 11.4. The van der Waals surface area contributed by atoms with Crippen LogP contribution in [0.25, 0.3) is 0 Å². The topological polar surface area (TPSA) is 38.3 Å². The first kappa shape index (κ1) is 12.2. The van der Waals surface area contributed by atoms with Crippen molar-refractivity contribution in [2.45, 2.75) is 39.2 Å². The van der Waals surface area contributed by atoms with E-state index in [2.05, 4.69) is 17.5 Å². The first-order valence-corrected chi connectivity index (χ1v) is 5.53. The van der Waals surface area contributed by atoms with Crippen molar-refractivity contribution < 1.29 is 9.53 Å². The fraction of sp³-hybridized carbons (Fsp3) is 0.750. The van der Waals surface area contributed by atoms with Gasteiger partial charge in [-0.05, 0) is 33.1 Å². The standard InChI is InChI=1S/C12H21NO2/c1-12(2,11(14)15-3)9-13-10-7-5-4-6-8-10/h4-5,10,13H,6-9H2,1-3H3. The van der Waals surface area contributed by atoms with E-state index in [1.807, 2.05) is 13.8 Å². The first-order chi connectivity index (χ1) is 7.06. The number of nitrogens with one attached hydrogen (secondary N) is 1. The second-order valence-corrected chi connectivity index (χ2v) is 4.74. The van der Waals surface area contributed by atoms with Gasteiger partial charge in [0.2, 0.25) is 0 Å². The number of hydrogen-bond acceptors (Lipinski definition) is 3. The van der Waals surface area contributed by atoms with Gasteiger partial charge in [0.1, 0.15) is 0 Å². The summed E-state index contributed by atoms with van der Waals surface area (Å²) >= 11 is 0. The fourth-order valence-electron chi connectivity index (χ4n) is 1.73. The molecule has 0 heterocycles. The maximum Gasteiger partial charge on any atom is 0.312 e. The zero-order valence-electron chi connectivity index (χ0n) is 9.88. The quantitative estimate of drug-likeness (QED) is 0.570. The largest absolute Gasteiger partial charge is 0.469 e. The van der Waals surface area contributed by atoms with Gasteiger partial charge in [-0.1, -0.05) is 12.2 Å². The molecule has 86 valence electrons. The average Bonchev–Trinajstić information content (AvgIpc) is 2.27. The molecule has 0 aliphatic heterocycles. The van der Waals surface area contributed by atoms with Gasteiger partial charge in [-0.2, -0.15) is 0 Å². The molecule has 0 spiro atoms. The second kappa shape index (κ2) is 5.31. The van der Waals surface area contributed by atoms with Gasteiger partial charge < -0.3 is 10.1 Å². The van der Waals surface area contributed by atoms with E-state index in [0.717, 1.165) is 19.3 Å². The third kappa shape index (κ3) is 3.67. The van der Waals surface area contributed by atoms with Crippen molar-refractivity contribution in [2.75, 3.05) is 13.7 Å². The van der Waals surface area contributed by atoms with E-state index in [-0.39, 0.29) is 5.97 Å². The molecule has 1 unspecified atom stereocenters. The number of carbonyl (C=O) groups is 1. The van der Waals surface area contributed by atoms with Crippen LogP contribution < -0.4 is 5.32 Å². The molecule has 1 rings (SSSR count). The molecule has 15 heavy (non-hydrogen) atoms. The Kier molecular flexibility index (Phi) is 4.33. The van der Waals surface area contributed by atoms with Crippen molar-refractivity contribution in [3.8, 4) is 0 Å². The Morgan fingerprint density at radius 1 is 1.53 bits per heavy atom. The van der Waals surface area contributed by atoms with Gasteiger partial charge in [-0.15, -0.1) is 0 Å². The number of allylic oxidation sites excluding steroid dienone is 1. The number of methoxy groups -OCH3 is 1. The first-order valence-electron chi connectivity index (χ1n) is 5.53. The summed E-state index contributed by atoms with van der Waals surface area (Å²) in [5.74, 6) is -0.152. The van der Waals surface area contributed by atoms with E-state index >= 15 is 0 Å². The fourth-order valence-corrected chi connectivity index (χ4v) is 1.73. The Bertz CT molecular complexity index is 246. The number of carbonyl (C=O) groups excluding carboxylic acids is 1. The second-order valence-electron chi connectivity index (χ2n) is 4.74. The van der Waals surface area contributed by atoms with Gasteiger partial charge in [-0.3, -0.25) is 4.79 Å². The van der Waals surface area contributed by atoms with Gasteiger partial charge in [-0.25, -0.2) is 0 Å². The molecule has 0 fully saturated rings.